The maximum atomic E-state index is 12.3. The number of nitrogens with one attached hydrogen (secondary N) is 2. The van der Waals surface area contributed by atoms with Gasteiger partial charge in [-0.25, -0.2) is 0 Å². The highest BCUT2D eigenvalue weighted by molar-refractivity contribution is 6.63. The quantitative estimate of drug-likeness (QED) is 0.0180. The number of hydrogen-bond acceptors (Lipinski definition) is 18. The number of fused-ring (bicyclic) bond motifs is 7. The van der Waals surface area contributed by atoms with Crippen LogP contribution < -0.4 is 22.1 Å². The molecule has 0 aliphatic rings. The van der Waals surface area contributed by atoms with Gasteiger partial charge in [-0.05, 0) is 165 Å². The number of amides is 2. The molecule has 7 aromatic heterocycles. The molecule has 17 aromatic rings. The Labute approximate surface area is 786 Å². The van der Waals surface area contributed by atoms with Gasteiger partial charge in [0, 0.05) is 105 Å². The van der Waals surface area contributed by atoms with Crippen molar-refractivity contribution in [3.05, 3.63) is 402 Å². The van der Waals surface area contributed by atoms with Gasteiger partial charge in [0.25, 0.3) is 0 Å². The standard InChI is InChI=1S/2C20H18N2O3.C13H13NO2.C13H15N.2C12H12N2O2.C10H7NO.C8H7ClO.CH4/c2*23-19(10-14-6-2-1-3-7-14)22-18(12-20(24)25)16-11-15-8-4-5-9-17(15)21-13-16;1-9(6-13(15)16)11-7-10-4-2-3-5-12(10)14-8-11;1-3-10(2)12-8-11-6-4-5-7-13(11)14-9-12;2*13-10(6-12(15)16)9-5-8-3-1-2-4-11(8)14-7-9;12-7-8-5-9-3-1-2-4-10(9)11-6-8;9-8(10)6-7-4-2-1-3-5-7;/h2*1-9,11,13,18H,10,12H2,(H,22,23)(H,24,25);2-5,7-9H,6H2,1H3,(H,15,16);4-10H,3H2,1-2H3;2*1-5,7,10H,6,13H2,(H,15,16);1-7H;1-5H,6H2;1H4. The van der Waals surface area contributed by atoms with Crippen LogP contribution in [0.15, 0.2) is 347 Å². The van der Waals surface area contributed by atoms with Crippen LogP contribution in [0.4, 0.5) is 0 Å². The van der Waals surface area contributed by atoms with Crippen LogP contribution in [-0.2, 0) is 57.6 Å². The van der Waals surface area contributed by atoms with Crippen molar-refractivity contribution in [3.8, 4) is 0 Å². The topological polar surface area (TPSA) is 421 Å². The van der Waals surface area contributed by atoms with Crippen molar-refractivity contribution in [2.24, 2.45) is 11.5 Å². The van der Waals surface area contributed by atoms with Gasteiger partial charge in [-0.15, -0.1) is 0 Å². The fourth-order valence-corrected chi connectivity index (χ4v) is 14.1. The lowest BCUT2D eigenvalue weighted by molar-refractivity contribution is -0.139. The predicted molar refractivity (Wildman–Crippen MR) is 530 cm³/mol. The number of carbonyl (C=O) groups is 9. The number of nitrogens with two attached hydrogens (primary N) is 2. The molecule has 0 bridgehead atoms. The summed E-state index contributed by atoms with van der Waals surface area (Å²) < 4.78 is 0. The van der Waals surface area contributed by atoms with Crippen molar-refractivity contribution in [2.75, 3.05) is 0 Å². The molecule has 2 amide bonds. The van der Waals surface area contributed by atoms with Gasteiger partial charge in [-0.2, -0.15) is 0 Å². The molecule has 17 rings (SSSR count). The van der Waals surface area contributed by atoms with E-state index in [9.17, 15) is 53.4 Å². The van der Waals surface area contributed by atoms with E-state index in [-0.39, 0.29) is 75.3 Å². The summed E-state index contributed by atoms with van der Waals surface area (Å²) in [6, 6.07) is 93.8. The number of carboxylic acids is 5. The second kappa shape index (κ2) is 53.3. The van der Waals surface area contributed by atoms with Gasteiger partial charge >= 0.3 is 29.8 Å². The van der Waals surface area contributed by atoms with Gasteiger partial charge in [0.15, 0.2) is 6.29 Å². The molecule has 0 saturated carbocycles. The summed E-state index contributed by atoms with van der Waals surface area (Å²) in [5.41, 5.74) is 26.4. The van der Waals surface area contributed by atoms with Crippen molar-refractivity contribution in [2.45, 2.75) is 122 Å². The molecule has 135 heavy (non-hydrogen) atoms. The fraction of sp³-hybridized carbons (Fsp3) is 0.174. The minimum atomic E-state index is -0.974. The minimum absolute atomic E-state index is 0. The van der Waals surface area contributed by atoms with Crippen LogP contribution in [0.1, 0.15) is 163 Å². The van der Waals surface area contributed by atoms with Gasteiger partial charge in [-0.3, -0.25) is 78.0 Å². The zero-order valence-electron chi connectivity index (χ0n) is 73.9. The number of aromatic nitrogens is 7. The van der Waals surface area contributed by atoms with Crippen LogP contribution in [0, 0.1) is 0 Å². The van der Waals surface area contributed by atoms with Gasteiger partial charge in [-0.1, -0.05) is 247 Å². The molecule has 0 radical (unpaired) electrons. The third-order valence-corrected chi connectivity index (χ3v) is 21.3. The predicted octanol–water partition coefficient (Wildman–Crippen LogP) is 20.9. The summed E-state index contributed by atoms with van der Waals surface area (Å²) in [5, 5.41) is 56.8. The van der Waals surface area contributed by atoms with Gasteiger partial charge < -0.3 is 47.6 Å². The van der Waals surface area contributed by atoms with Gasteiger partial charge in [0.05, 0.1) is 95.6 Å². The summed E-state index contributed by atoms with van der Waals surface area (Å²) >= 11 is 5.17. The molecule has 0 spiro atoms. The molecule has 688 valence electrons. The van der Waals surface area contributed by atoms with E-state index in [2.05, 4.69) is 83.6 Å². The number of para-hydroxylation sites is 7. The minimum Gasteiger partial charge on any atom is -0.481 e. The summed E-state index contributed by atoms with van der Waals surface area (Å²) in [6.45, 7) is 6.35. The number of nitrogens with zero attached hydrogens (tertiary/aromatic N) is 7. The highest BCUT2D eigenvalue weighted by Crippen LogP contribution is 2.28. The number of aldehydes is 1. The molecule has 11 N–H and O–H groups in total. The number of pyridine rings is 7. The van der Waals surface area contributed by atoms with E-state index in [1.807, 2.05) is 292 Å². The van der Waals surface area contributed by atoms with Crippen LogP contribution in [0.25, 0.3) is 76.3 Å². The molecule has 26 heteroatoms. The van der Waals surface area contributed by atoms with E-state index in [1.54, 1.807) is 37.2 Å². The first-order chi connectivity index (χ1) is 64.7. The van der Waals surface area contributed by atoms with Crippen molar-refractivity contribution < 1.29 is 68.7 Å². The van der Waals surface area contributed by atoms with E-state index in [4.69, 9.17) is 38.4 Å². The summed E-state index contributed by atoms with van der Waals surface area (Å²) in [6.07, 6.45) is 14.1. The Morgan fingerprint density at radius 3 is 0.830 bits per heavy atom. The summed E-state index contributed by atoms with van der Waals surface area (Å²) in [7, 11) is 0. The number of carboxylic acid groups (broad SMARTS) is 5. The first-order valence-electron chi connectivity index (χ1n) is 43.1. The number of benzene rings is 10. The summed E-state index contributed by atoms with van der Waals surface area (Å²) in [5.74, 6) is -4.36. The largest absolute Gasteiger partial charge is 0.481 e. The van der Waals surface area contributed by atoms with Crippen LogP contribution in [0.5, 0.6) is 0 Å². The van der Waals surface area contributed by atoms with Gasteiger partial charge in [0.2, 0.25) is 17.1 Å². The molecule has 0 aliphatic heterocycles. The molecule has 6 unspecified atom stereocenters. The smallest absolute Gasteiger partial charge is 0.305 e. The maximum absolute atomic E-state index is 12.3. The average molecular weight is 1830 g/mol. The molecule has 0 fully saturated rings. The van der Waals surface area contributed by atoms with E-state index < -0.39 is 54.0 Å². The second-order valence-corrected chi connectivity index (χ2v) is 31.8. The Hall–Kier alpha value is -16.1. The van der Waals surface area contributed by atoms with Crippen LogP contribution in [0.2, 0.25) is 0 Å². The van der Waals surface area contributed by atoms with Crippen LogP contribution in [0.3, 0.4) is 0 Å². The van der Waals surface area contributed by atoms with Crippen molar-refractivity contribution in [1.29, 1.82) is 0 Å². The highest BCUT2D eigenvalue weighted by atomic mass is 35.5. The highest BCUT2D eigenvalue weighted by Gasteiger charge is 2.22. The third-order valence-electron chi connectivity index (χ3n) is 21.1. The molecular formula is C109H106ClN11O14. The number of halogens is 1. The van der Waals surface area contributed by atoms with Crippen molar-refractivity contribution in [3.63, 3.8) is 0 Å². The normalized spacial score (nSPS) is 11.8. The van der Waals surface area contributed by atoms with Crippen LogP contribution in [-0.4, -0.2) is 114 Å². The van der Waals surface area contributed by atoms with E-state index >= 15 is 0 Å². The van der Waals surface area contributed by atoms with Crippen LogP contribution >= 0.6 is 11.6 Å². The molecule has 10 aromatic carbocycles. The first-order valence-corrected chi connectivity index (χ1v) is 43.5. The average Bonchev–Trinajstić information content (AvgIpc) is 0.807. The molecule has 0 saturated heterocycles. The van der Waals surface area contributed by atoms with Crippen molar-refractivity contribution >= 4 is 141 Å². The molecule has 6 atom stereocenters. The SMILES string of the molecule is C.CC(CC(=O)O)c1cnc2ccccc2c1.CCC(C)c1cnc2ccccc2c1.NC(CC(=O)O)c1cnc2ccccc2c1.NC(CC(=O)O)c1cnc2ccccc2c1.O=C(Cl)Cc1ccccc1.O=C(O)CC(NC(=O)Cc1ccccc1)c1cnc2ccccc2c1.O=C(O)CC(NC(=O)Cc1ccccc1)c1cnc2ccccc2c1.O=Cc1cnc2ccccc2c1. The maximum Gasteiger partial charge on any atom is 0.305 e. The Balaban J connectivity index is 0.000000176. The fourth-order valence-electron chi connectivity index (χ4n) is 13.9. The Kier molecular flexibility index (Phi) is 40.5. The lowest BCUT2D eigenvalue weighted by Gasteiger charge is -2.18. The number of aliphatic carboxylic acids is 5. The zero-order chi connectivity index (χ0) is 95.7. The summed E-state index contributed by atoms with van der Waals surface area (Å²) in [4.78, 5) is 130. The number of carbonyl (C=O) groups excluding carboxylic acids is 4. The Morgan fingerprint density at radius 2 is 0.548 bits per heavy atom. The van der Waals surface area contributed by atoms with Gasteiger partial charge in [0.1, 0.15) is 0 Å². The lowest BCUT2D eigenvalue weighted by atomic mass is 9.98. The molecular weight excluding hydrogens is 1720 g/mol. The first kappa shape index (κ1) is 103. The molecule has 0 aliphatic carbocycles. The van der Waals surface area contributed by atoms with Crippen molar-refractivity contribution in [1.82, 2.24) is 45.5 Å². The third kappa shape index (κ3) is 34.0. The van der Waals surface area contributed by atoms with E-state index in [0.29, 0.717) is 29.0 Å². The second-order valence-electron chi connectivity index (χ2n) is 31.3. The Morgan fingerprint density at radius 1 is 0.311 bits per heavy atom. The number of rotatable bonds is 26. The zero-order valence-corrected chi connectivity index (χ0v) is 74.6. The monoisotopic (exact) mass is 1830 g/mol. The number of hydrogen-bond donors (Lipinski definition) is 9. The molecule has 7 heterocycles. The molecule has 25 nitrogen and oxygen atoms in total. The Bertz CT molecular complexity index is 6440. The van der Waals surface area contributed by atoms with E-state index in [0.717, 1.165) is 111 Å². The lowest BCUT2D eigenvalue weighted by Crippen LogP contribution is -2.31. The van der Waals surface area contributed by atoms with E-state index in [1.165, 1.54) is 17.4 Å².